The van der Waals surface area contributed by atoms with Crippen molar-refractivity contribution >= 4 is 5.78 Å². The fourth-order valence-electron chi connectivity index (χ4n) is 3.73. The van der Waals surface area contributed by atoms with Crippen LogP contribution in [0.5, 0.6) is 5.75 Å². The molecule has 0 radical (unpaired) electrons. The van der Waals surface area contributed by atoms with Gasteiger partial charge in [0.05, 0.1) is 6.10 Å². The van der Waals surface area contributed by atoms with Gasteiger partial charge in [0.25, 0.3) is 0 Å². The van der Waals surface area contributed by atoms with Gasteiger partial charge in [-0.1, -0.05) is 58.6 Å². The first-order valence-electron chi connectivity index (χ1n) is 9.38. The third-order valence-electron chi connectivity index (χ3n) is 5.50. The molecule has 1 aliphatic rings. The summed E-state index contributed by atoms with van der Waals surface area (Å²) in [6, 6.07) is 5.80. The van der Waals surface area contributed by atoms with E-state index in [0.717, 1.165) is 12.0 Å². The van der Waals surface area contributed by atoms with E-state index in [1.54, 1.807) is 0 Å². The molecule has 3 heteroatoms. The molecule has 0 amide bonds. The van der Waals surface area contributed by atoms with Crippen molar-refractivity contribution in [2.75, 3.05) is 0 Å². The highest BCUT2D eigenvalue weighted by atomic mass is 16.3. The largest absolute Gasteiger partial charge is 0.508 e. The Morgan fingerprint density at radius 3 is 2.62 bits per heavy atom. The van der Waals surface area contributed by atoms with E-state index in [1.807, 2.05) is 12.1 Å². The number of benzene rings is 1. The Balaban J connectivity index is 2.12. The molecule has 2 unspecified atom stereocenters. The lowest BCUT2D eigenvalue weighted by atomic mass is 9.77. The molecule has 3 nitrogen and oxygen atoms in total. The molecule has 0 aliphatic heterocycles. The average Bonchev–Trinajstić information content (AvgIpc) is 2.54. The van der Waals surface area contributed by atoms with E-state index in [0.29, 0.717) is 24.8 Å². The van der Waals surface area contributed by atoms with Crippen molar-refractivity contribution in [1.29, 1.82) is 0 Å². The van der Waals surface area contributed by atoms with Crippen molar-refractivity contribution in [2.45, 2.75) is 89.6 Å². The number of aliphatic hydroxyl groups is 1. The number of aliphatic hydroxyl groups excluding tert-OH is 1. The molecule has 1 fully saturated rings. The van der Waals surface area contributed by atoms with E-state index in [-0.39, 0.29) is 22.9 Å². The monoisotopic (exact) mass is 332 g/mol. The van der Waals surface area contributed by atoms with Crippen molar-refractivity contribution in [2.24, 2.45) is 0 Å². The number of phenols is 1. The number of ketones is 1. The Morgan fingerprint density at radius 1 is 1.21 bits per heavy atom. The van der Waals surface area contributed by atoms with E-state index in [1.165, 1.54) is 25.7 Å². The number of carbonyl (C=O) groups excluding carboxylic acids is 1. The first-order valence-corrected chi connectivity index (χ1v) is 9.38. The summed E-state index contributed by atoms with van der Waals surface area (Å²) in [7, 11) is 0. The Hall–Kier alpha value is -1.35. The van der Waals surface area contributed by atoms with Gasteiger partial charge in [-0.2, -0.15) is 0 Å². The number of phenolic OH excluding ortho intramolecular Hbond substituents is 1. The number of hydrogen-bond acceptors (Lipinski definition) is 3. The predicted molar refractivity (Wildman–Crippen MR) is 97.5 cm³/mol. The fraction of sp³-hybridized carbons (Fsp3) is 0.667. The van der Waals surface area contributed by atoms with Gasteiger partial charge in [0.15, 0.2) is 0 Å². The zero-order valence-electron chi connectivity index (χ0n) is 15.3. The molecule has 1 saturated carbocycles. The third-order valence-corrected chi connectivity index (χ3v) is 5.50. The highest BCUT2D eigenvalue weighted by Crippen LogP contribution is 2.39. The molecule has 0 spiro atoms. The quantitative estimate of drug-likeness (QED) is 0.703. The molecular weight excluding hydrogens is 300 g/mol. The van der Waals surface area contributed by atoms with Crippen LogP contribution < -0.4 is 0 Å². The van der Waals surface area contributed by atoms with Gasteiger partial charge in [-0.05, 0) is 35.4 Å². The topological polar surface area (TPSA) is 57.5 Å². The first-order chi connectivity index (χ1) is 11.3. The first kappa shape index (κ1) is 19.0. The van der Waals surface area contributed by atoms with Gasteiger partial charge in [0, 0.05) is 18.8 Å². The number of unbranched alkanes of at least 4 members (excludes halogenated alkanes) is 3. The molecule has 134 valence electrons. The maximum Gasteiger partial charge on any atom is 0.133 e. The second-order valence-corrected chi connectivity index (χ2v) is 7.92. The SMILES string of the molecule is CCCCCCC(C)(C)c1ccc(C2CC(=O)CCC2O)c(O)c1. The zero-order chi connectivity index (χ0) is 17.7. The van der Waals surface area contributed by atoms with Crippen LogP contribution in [0.25, 0.3) is 0 Å². The molecule has 2 atom stereocenters. The van der Waals surface area contributed by atoms with E-state index in [2.05, 4.69) is 26.8 Å². The molecule has 0 aromatic heterocycles. The van der Waals surface area contributed by atoms with Crippen LogP contribution in [0.4, 0.5) is 0 Å². The average molecular weight is 332 g/mol. The summed E-state index contributed by atoms with van der Waals surface area (Å²) < 4.78 is 0. The molecule has 1 aromatic rings. The van der Waals surface area contributed by atoms with Gasteiger partial charge in [0.2, 0.25) is 0 Å². The zero-order valence-corrected chi connectivity index (χ0v) is 15.3. The minimum Gasteiger partial charge on any atom is -0.508 e. The summed E-state index contributed by atoms with van der Waals surface area (Å²) in [5, 5.41) is 20.7. The van der Waals surface area contributed by atoms with Crippen molar-refractivity contribution < 1.29 is 15.0 Å². The van der Waals surface area contributed by atoms with Crippen molar-refractivity contribution in [1.82, 2.24) is 0 Å². The fourth-order valence-corrected chi connectivity index (χ4v) is 3.73. The highest BCUT2D eigenvalue weighted by molar-refractivity contribution is 5.80. The van der Waals surface area contributed by atoms with Gasteiger partial charge < -0.3 is 10.2 Å². The molecule has 0 saturated heterocycles. The van der Waals surface area contributed by atoms with Gasteiger partial charge >= 0.3 is 0 Å². The summed E-state index contributed by atoms with van der Waals surface area (Å²) in [5.74, 6) is 0.117. The van der Waals surface area contributed by atoms with Crippen LogP contribution in [0.3, 0.4) is 0 Å². The lowest BCUT2D eigenvalue weighted by molar-refractivity contribution is -0.122. The lowest BCUT2D eigenvalue weighted by Gasteiger charge is -2.30. The van der Waals surface area contributed by atoms with E-state index >= 15 is 0 Å². The second-order valence-electron chi connectivity index (χ2n) is 7.92. The summed E-state index contributed by atoms with van der Waals surface area (Å²) in [5.41, 5.74) is 1.85. The Bertz CT molecular complexity index is 562. The Morgan fingerprint density at radius 2 is 1.96 bits per heavy atom. The Kier molecular flexibility index (Phi) is 6.45. The predicted octanol–water partition coefficient (Wildman–Crippen LogP) is 4.84. The number of hydrogen-bond donors (Lipinski definition) is 2. The van der Waals surface area contributed by atoms with Crippen molar-refractivity contribution in [3.63, 3.8) is 0 Å². The molecule has 1 aromatic carbocycles. The van der Waals surface area contributed by atoms with Crippen LogP contribution in [-0.4, -0.2) is 22.1 Å². The second kappa shape index (κ2) is 8.15. The van der Waals surface area contributed by atoms with E-state index < -0.39 is 6.10 Å². The lowest BCUT2D eigenvalue weighted by Crippen LogP contribution is -2.27. The van der Waals surface area contributed by atoms with Crippen LogP contribution in [0, 0.1) is 0 Å². The van der Waals surface area contributed by atoms with Crippen molar-refractivity contribution in [3.05, 3.63) is 29.3 Å². The van der Waals surface area contributed by atoms with Crippen LogP contribution in [0.1, 0.15) is 89.2 Å². The normalized spacial score (nSPS) is 21.9. The molecule has 0 heterocycles. The molecule has 24 heavy (non-hydrogen) atoms. The summed E-state index contributed by atoms with van der Waals surface area (Å²) in [6.45, 7) is 6.64. The smallest absolute Gasteiger partial charge is 0.133 e. The summed E-state index contributed by atoms with van der Waals surface area (Å²) in [4.78, 5) is 11.7. The van der Waals surface area contributed by atoms with E-state index in [4.69, 9.17) is 0 Å². The summed E-state index contributed by atoms with van der Waals surface area (Å²) in [6.07, 6.45) is 6.77. The minimum absolute atomic E-state index is 0.0186. The minimum atomic E-state index is -0.540. The number of rotatable bonds is 7. The van der Waals surface area contributed by atoms with Gasteiger partial charge in [-0.15, -0.1) is 0 Å². The van der Waals surface area contributed by atoms with E-state index in [9.17, 15) is 15.0 Å². The Labute approximate surface area is 146 Å². The number of carbonyl (C=O) groups is 1. The van der Waals surface area contributed by atoms with Gasteiger partial charge in [0.1, 0.15) is 11.5 Å². The molecule has 0 bridgehead atoms. The van der Waals surface area contributed by atoms with Gasteiger partial charge in [-0.25, -0.2) is 0 Å². The maximum atomic E-state index is 11.7. The number of aromatic hydroxyl groups is 1. The molecule has 2 rings (SSSR count). The van der Waals surface area contributed by atoms with Crippen LogP contribution >= 0.6 is 0 Å². The number of Topliss-reactive ketones (excluding diaryl/α,β-unsaturated/α-hetero) is 1. The van der Waals surface area contributed by atoms with Crippen LogP contribution in [-0.2, 0) is 10.2 Å². The maximum absolute atomic E-state index is 11.7. The standard InChI is InChI=1S/C21H32O3/c1-4-5-6-7-12-21(2,3)15-8-10-17(20(24)13-15)18-14-16(22)9-11-19(18)23/h8,10,13,18-19,23-24H,4-7,9,11-12,14H2,1-3H3. The third kappa shape index (κ3) is 4.60. The van der Waals surface area contributed by atoms with Crippen molar-refractivity contribution in [3.8, 4) is 5.75 Å². The molecule has 2 N–H and O–H groups in total. The van der Waals surface area contributed by atoms with Crippen LogP contribution in [0.15, 0.2) is 18.2 Å². The summed E-state index contributed by atoms with van der Waals surface area (Å²) >= 11 is 0. The highest BCUT2D eigenvalue weighted by Gasteiger charge is 2.31. The van der Waals surface area contributed by atoms with Gasteiger partial charge in [-0.3, -0.25) is 4.79 Å². The van der Waals surface area contributed by atoms with Crippen LogP contribution in [0.2, 0.25) is 0 Å². The molecule has 1 aliphatic carbocycles. The molecular formula is C21H32O3.